The summed E-state index contributed by atoms with van der Waals surface area (Å²) in [5, 5.41) is 23.7. The number of morpholine rings is 1. The van der Waals surface area contributed by atoms with Gasteiger partial charge in [-0.2, -0.15) is 0 Å². The van der Waals surface area contributed by atoms with Crippen molar-refractivity contribution in [1.82, 2.24) is 4.90 Å². The van der Waals surface area contributed by atoms with Crippen LogP contribution >= 0.6 is 0 Å². The molecule has 6 saturated carbocycles. The Morgan fingerprint density at radius 3 is 2.41 bits per heavy atom. The van der Waals surface area contributed by atoms with Crippen LogP contribution in [0, 0.1) is 56.7 Å². The number of fused-ring (bicyclic) bond motifs is 4. The Balaban J connectivity index is 0.992. The van der Waals surface area contributed by atoms with Gasteiger partial charge in [0.15, 0.2) is 6.29 Å². The largest absolute Gasteiger partial charge is 0.390 e. The molecule has 0 amide bonds. The molecule has 14 atom stereocenters. The summed E-state index contributed by atoms with van der Waals surface area (Å²) >= 11 is 0. The first-order chi connectivity index (χ1) is 23.1. The lowest BCUT2D eigenvalue weighted by molar-refractivity contribution is -0.249. The fourth-order valence-corrected chi connectivity index (χ4v) is 15.0. The minimum atomic E-state index is -1.01. The van der Waals surface area contributed by atoms with Gasteiger partial charge >= 0.3 is 0 Å². The van der Waals surface area contributed by atoms with Crippen LogP contribution in [0.3, 0.4) is 0 Å². The van der Waals surface area contributed by atoms with Crippen molar-refractivity contribution in [2.24, 2.45) is 56.7 Å². The van der Waals surface area contributed by atoms with Crippen LogP contribution in [0.5, 0.6) is 0 Å². The van der Waals surface area contributed by atoms with E-state index in [1.165, 1.54) is 70.8 Å². The Hall–Kier alpha value is -0.280. The molecule has 2 aliphatic heterocycles. The summed E-state index contributed by atoms with van der Waals surface area (Å²) in [7, 11) is 0. The fourth-order valence-electron chi connectivity index (χ4n) is 15.0. The molecule has 0 aromatic rings. The van der Waals surface area contributed by atoms with Gasteiger partial charge in [-0.15, -0.1) is 0 Å². The zero-order valence-corrected chi connectivity index (χ0v) is 32.3. The summed E-state index contributed by atoms with van der Waals surface area (Å²) in [5.41, 5.74) is -0.371. The second-order valence-corrected chi connectivity index (χ2v) is 20.4. The Labute approximate surface area is 297 Å². The summed E-state index contributed by atoms with van der Waals surface area (Å²) in [4.78, 5) is 2.60. The van der Waals surface area contributed by atoms with Crippen LogP contribution in [-0.4, -0.2) is 90.4 Å². The van der Waals surface area contributed by atoms with Crippen molar-refractivity contribution < 1.29 is 29.2 Å². The third-order valence-corrected chi connectivity index (χ3v) is 17.7. The highest BCUT2D eigenvalue weighted by Gasteiger charge is 2.84. The van der Waals surface area contributed by atoms with Gasteiger partial charge in [0.2, 0.25) is 0 Å². The zero-order valence-electron chi connectivity index (χ0n) is 32.3. The van der Waals surface area contributed by atoms with E-state index in [1.807, 2.05) is 20.8 Å². The summed E-state index contributed by atoms with van der Waals surface area (Å²) < 4.78 is 26.4. The molecule has 0 aromatic carbocycles. The van der Waals surface area contributed by atoms with Crippen molar-refractivity contribution in [2.75, 3.05) is 32.8 Å². The molecule has 0 radical (unpaired) electrons. The smallest absolute Gasteiger partial charge is 0.170 e. The van der Waals surface area contributed by atoms with Crippen LogP contribution in [0.1, 0.15) is 132 Å². The van der Waals surface area contributed by atoms with E-state index >= 15 is 0 Å². The predicted octanol–water partition coefficient (Wildman–Crippen LogP) is 7.21. The minimum Gasteiger partial charge on any atom is -0.390 e. The van der Waals surface area contributed by atoms with Crippen molar-refractivity contribution >= 4 is 0 Å². The molecule has 2 heterocycles. The summed E-state index contributed by atoms with van der Waals surface area (Å²) in [6.07, 6.45) is 13.9. The number of aliphatic hydroxyl groups excluding tert-OH is 1. The van der Waals surface area contributed by atoms with Crippen molar-refractivity contribution in [2.45, 2.75) is 175 Å². The predicted molar refractivity (Wildman–Crippen MR) is 191 cm³/mol. The molecular weight excluding hydrogens is 614 g/mol. The molecule has 280 valence electrons. The highest BCUT2D eigenvalue weighted by atomic mass is 16.7. The second-order valence-electron chi connectivity index (χ2n) is 20.4. The van der Waals surface area contributed by atoms with Crippen molar-refractivity contribution in [3.63, 3.8) is 0 Å². The molecule has 0 unspecified atom stereocenters. The maximum atomic E-state index is 12.6. The van der Waals surface area contributed by atoms with Gasteiger partial charge in [-0.3, -0.25) is 4.90 Å². The number of aliphatic hydroxyl groups is 2. The molecule has 2 spiro atoms. The molecule has 8 aliphatic rings. The molecule has 2 N–H and O–H groups in total. The Morgan fingerprint density at radius 2 is 1.71 bits per heavy atom. The van der Waals surface area contributed by atoms with E-state index in [4.69, 9.17) is 18.9 Å². The SMILES string of the molecule is CCO[C@@H]([C@H]1C[C@@H](C)[C@H]2[C@H](O1)[C@H](O)[C@@]1(C)[C@@H]3CC[C@H]4C(C)(C)[C@@H](O[C@H]5CN(CCC6CCC6)CCO5)CC[C@@]45C[C@@]35CC[C@]21C)C(C)(C)O. The normalized spacial score (nSPS) is 51.4. The van der Waals surface area contributed by atoms with Crippen molar-refractivity contribution in [3.8, 4) is 0 Å². The first-order valence-corrected chi connectivity index (χ1v) is 20.8. The topological polar surface area (TPSA) is 80.6 Å². The van der Waals surface area contributed by atoms with Crippen molar-refractivity contribution in [1.29, 1.82) is 0 Å². The molecule has 6 aliphatic carbocycles. The monoisotopic (exact) mass is 686 g/mol. The summed E-state index contributed by atoms with van der Waals surface area (Å²) in [6, 6.07) is 0. The lowest BCUT2D eigenvalue weighted by Crippen LogP contribution is -2.60. The molecule has 7 heteroatoms. The number of hydrogen-bond donors (Lipinski definition) is 2. The third-order valence-electron chi connectivity index (χ3n) is 17.7. The standard InChI is InChI=1S/C42H71NO6/c1-9-46-36(38(5,6)45)28-23-26(2)33-34(48-28)35(44)40(8)30-14-13-29-37(3,4)31(15-17-41(29)25-42(30,41)19-18-39(33,40)7)49-32-24-43(21-22-47-32)20-16-27-11-10-12-27/h26-36,44-45H,9-25H2,1-8H3/t26-,28-,29+,30+,31+,32+,33+,34+,35+,36+,39-,40-,41-,42+/m1/s1. The second kappa shape index (κ2) is 12.1. The van der Waals surface area contributed by atoms with E-state index in [0.717, 1.165) is 38.5 Å². The highest BCUT2D eigenvalue weighted by molar-refractivity contribution is 5.33. The van der Waals surface area contributed by atoms with Gasteiger partial charge in [0.1, 0.15) is 6.10 Å². The van der Waals surface area contributed by atoms with Gasteiger partial charge in [0.05, 0.1) is 36.6 Å². The average Bonchev–Trinajstić information content (AvgIpc) is 3.65. The first-order valence-electron chi connectivity index (χ1n) is 20.8. The van der Waals surface area contributed by atoms with Gasteiger partial charge in [-0.1, -0.05) is 53.9 Å². The molecular formula is C42H71NO6. The van der Waals surface area contributed by atoms with Gasteiger partial charge in [-0.05, 0) is 136 Å². The lowest BCUT2D eigenvalue weighted by Gasteiger charge is -2.64. The first kappa shape index (κ1) is 35.7. The molecule has 2 saturated heterocycles. The van der Waals surface area contributed by atoms with E-state index in [0.29, 0.717) is 41.1 Å². The van der Waals surface area contributed by atoms with E-state index in [2.05, 4.69) is 39.5 Å². The summed E-state index contributed by atoms with van der Waals surface area (Å²) in [6.45, 7) is 22.6. The zero-order chi connectivity index (χ0) is 34.8. The Morgan fingerprint density at radius 1 is 0.980 bits per heavy atom. The van der Waals surface area contributed by atoms with Crippen LogP contribution in [0.2, 0.25) is 0 Å². The molecule has 0 bridgehead atoms. The van der Waals surface area contributed by atoms with Crippen LogP contribution in [0.4, 0.5) is 0 Å². The molecule has 8 fully saturated rings. The Kier molecular flexibility index (Phi) is 8.84. The average molecular weight is 686 g/mol. The van der Waals surface area contributed by atoms with Crippen LogP contribution < -0.4 is 0 Å². The van der Waals surface area contributed by atoms with Crippen LogP contribution in [0.15, 0.2) is 0 Å². The molecule has 8 rings (SSSR count). The Bertz CT molecular complexity index is 1230. The van der Waals surface area contributed by atoms with E-state index in [1.54, 1.807) is 0 Å². The lowest BCUT2D eigenvalue weighted by atomic mass is 9.41. The maximum absolute atomic E-state index is 12.6. The quantitative estimate of drug-likeness (QED) is 0.266. The van der Waals surface area contributed by atoms with Crippen LogP contribution in [0.25, 0.3) is 0 Å². The molecule has 7 nitrogen and oxygen atoms in total. The van der Waals surface area contributed by atoms with Gasteiger partial charge in [-0.25, -0.2) is 0 Å². The molecule has 0 aromatic heterocycles. The van der Waals surface area contributed by atoms with E-state index < -0.39 is 17.8 Å². The van der Waals surface area contributed by atoms with Crippen LogP contribution in [-0.2, 0) is 18.9 Å². The number of rotatable bonds is 9. The highest BCUT2D eigenvalue weighted by Crippen LogP contribution is 2.89. The maximum Gasteiger partial charge on any atom is 0.170 e. The van der Waals surface area contributed by atoms with Gasteiger partial charge in [0, 0.05) is 25.1 Å². The third kappa shape index (κ3) is 5.11. The fraction of sp³-hybridized carbons (Fsp3) is 1.00. The van der Waals surface area contributed by atoms with Gasteiger partial charge in [0.25, 0.3) is 0 Å². The molecule has 49 heavy (non-hydrogen) atoms. The summed E-state index contributed by atoms with van der Waals surface area (Å²) in [5.74, 6) is 2.84. The van der Waals surface area contributed by atoms with Gasteiger partial charge < -0.3 is 29.2 Å². The number of nitrogens with zero attached hydrogens (tertiary/aromatic N) is 1. The van der Waals surface area contributed by atoms with Crippen molar-refractivity contribution in [3.05, 3.63) is 0 Å². The van der Waals surface area contributed by atoms with E-state index in [-0.39, 0.29) is 40.8 Å². The minimum absolute atomic E-state index is 0.0303. The number of ether oxygens (including phenoxy) is 4. The van der Waals surface area contributed by atoms with E-state index in [9.17, 15) is 10.2 Å². The number of hydrogen-bond acceptors (Lipinski definition) is 7.